The molecule has 0 amide bonds. The van der Waals surface area contributed by atoms with Crippen LogP contribution in [0, 0.1) is 5.92 Å². The Balaban J connectivity index is 2.16. The first-order chi connectivity index (χ1) is 7.76. The zero-order valence-corrected chi connectivity index (χ0v) is 11.3. The van der Waals surface area contributed by atoms with E-state index in [0.717, 1.165) is 5.92 Å². The van der Waals surface area contributed by atoms with Gasteiger partial charge in [0.2, 0.25) is 0 Å². The summed E-state index contributed by atoms with van der Waals surface area (Å²) in [6.07, 6.45) is 9.20. The molecule has 2 heteroatoms. The monoisotopic (exact) mass is 226 g/mol. The molecule has 1 heterocycles. The highest BCUT2D eigenvalue weighted by Gasteiger charge is 2.19. The van der Waals surface area contributed by atoms with E-state index in [1.165, 1.54) is 64.6 Å². The van der Waals surface area contributed by atoms with Gasteiger partial charge in [0.25, 0.3) is 0 Å². The highest BCUT2D eigenvalue weighted by molar-refractivity contribution is 4.74. The molecule has 96 valence electrons. The second-order valence-corrected chi connectivity index (χ2v) is 5.43. The third kappa shape index (κ3) is 5.31. The molecule has 1 fully saturated rings. The Labute approximate surface area is 102 Å². The van der Waals surface area contributed by atoms with Crippen molar-refractivity contribution in [3.05, 3.63) is 0 Å². The number of piperidine rings is 1. The van der Waals surface area contributed by atoms with E-state index in [1.807, 2.05) is 0 Å². The van der Waals surface area contributed by atoms with E-state index >= 15 is 0 Å². The maximum Gasteiger partial charge on any atom is 0.00509 e. The Morgan fingerprint density at radius 2 is 2.06 bits per heavy atom. The van der Waals surface area contributed by atoms with E-state index in [9.17, 15) is 0 Å². The van der Waals surface area contributed by atoms with Crippen LogP contribution in [-0.4, -0.2) is 30.6 Å². The van der Waals surface area contributed by atoms with E-state index in [4.69, 9.17) is 5.73 Å². The second-order valence-electron chi connectivity index (χ2n) is 5.43. The molecule has 0 spiro atoms. The molecule has 0 bridgehead atoms. The van der Waals surface area contributed by atoms with Gasteiger partial charge in [0.1, 0.15) is 0 Å². The maximum absolute atomic E-state index is 6.07. The van der Waals surface area contributed by atoms with Crippen LogP contribution in [-0.2, 0) is 0 Å². The Kier molecular flexibility index (Phi) is 7.06. The Morgan fingerprint density at radius 3 is 2.75 bits per heavy atom. The minimum Gasteiger partial charge on any atom is -0.328 e. The molecule has 0 radical (unpaired) electrons. The first-order valence-corrected chi connectivity index (χ1v) is 7.24. The Bertz CT molecular complexity index is 168. The van der Waals surface area contributed by atoms with Gasteiger partial charge in [-0.1, -0.05) is 26.7 Å². The summed E-state index contributed by atoms with van der Waals surface area (Å²) >= 11 is 0. The van der Waals surface area contributed by atoms with Crippen LogP contribution in [0.5, 0.6) is 0 Å². The van der Waals surface area contributed by atoms with Crippen molar-refractivity contribution in [3.8, 4) is 0 Å². The molecule has 0 aromatic carbocycles. The average molecular weight is 226 g/mol. The lowest BCUT2D eigenvalue weighted by molar-refractivity contribution is 0.163. The molecule has 0 aromatic rings. The van der Waals surface area contributed by atoms with E-state index in [1.54, 1.807) is 0 Å². The van der Waals surface area contributed by atoms with Crippen LogP contribution in [0.25, 0.3) is 0 Å². The van der Waals surface area contributed by atoms with Gasteiger partial charge in [-0.3, -0.25) is 0 Å². The van der Waals surface area contributed by atoms with Crippen molar-refractivity contribution in [1.82, 2.24) is 4.90 Å². The summed E-state index contributed by atoms with van der Waals surface area (Å²) in [4.78, 5) is 2.64. The number of likely N-dealkylation sites (tertiary alicyclic amines) is 1. The smallest absolute Gasteiger partial charge is 0.00509 e. The molecule has 16 heavy (non-hydrogen) atoms. The summed E-state index contributed by atoms with van der Waals surface area (Å²) < 4.78 is 0. The fourth-order valence-electron chi connectivity index (χ4n) is 2.86. The Morgan fingerprint density at radius 1 is 1.25 bits per heavy atom. The first kappa shape index (κ1) is 14.0. The normalized spacial score (nSPS) is 24.6. The van der Waals surface area contributed by atoms with Gasteiger partial charge in [0.05, 0.1) is 0 Å². The van der Waals surface area contributed by atoms with E-state index in [2.05, 4.69) is 18.7 Å². The molecule has 1 rings (SSSR count). The number of nitrogens with zero attached hydrogens (tertiary/aromatic N) is 1. The summed E-state index contributed by atoms with van der Waals surface area (Å²) in [5.74, 6) is 0.959. The summed E-state index contributed by atoms with van der Waals surface area (Å²) in [7, 11) is 0. The van der Waals surface area contributed by atoms with Gasteiger partial charge in [0, 0.05) is 12.6 Å². The van der Waals surface area contributed by atoms with Crippen LogP contribution in [0.1, 0.15) is 58.8 Å². The molecule has 0 saturated carbocycles. The lowest BCUT2D eigenvalue weighted by Crippen LogP contribution is -2.38. The molecule has 0 aromatic heterocycles. The minimum absolute atomic E-state index is 0.427. The molecular weight excluding hydrogens is 196 g/mol. The molecule has 0 aliphatic carbocycles. The molecule has 2 N–H and O–H groups in total. The van der Waals surface area contributed by atoms with Crippen molar-refractivity contribution >= 4 is 0 Å². The van der Waals surface area contributed by atoms with E-state index < -0.39 is 0 Å². The molecule has 2 atom stereocenters. The van der Waals surface area contributed by atoms with Crippen LogP contribution in [0.3, 0.4) is 0 Å². The quantitative estimate of drug-likeness (QED) is 0.723. The predicted molar refractivity (Wildman–Crippen MR) is 71.6 cm³/mol. The maximum atomic E-state index is 6.07. The second kappa shape index (κ2) is 8.08. The van der Waals surface area contributed by atoms with Gasteiger partial charge in [-0.25, -0.2) is 0 Å². The molecule has 1 saturated heterocycles. The largest absolute Gasteiger partial charge is 0.328 e. The van der Waals surface area contributed by atoms with Gasteiger partial charge in [-0.05, 0) is 51.1 Å². The third-order valence-corrected chi connectivity index (χ3v) is 3.78. The zero-order valence-electron chi connectivity index (χ0n) is 11.3. The lowest BCUT2D eigenvalue weighted by atomic mass is 9.93. The van der Waals surface area contributed by atoms with E-state index in [-0.39, 0.29) is 0 Å². The predicted octanol–water partition coefficient (Wildman–Crippen LogP) is 3.02. The molecule has 1 aliphatic heterocycles. The molecular formula is C14H30N2. The molecule has 2 unspecified atom stereocenters. The number of nitrogens with two attached hydrogens (primary N) is 1. The fourth-order valence-corrected chi connectivity index (χ4v) is 2.86. The van der Waals surface area contributed by atoms with Gasteiger partial charge in [-0.2, -0.15) is 0 Å². The zero-order chi connectivity index (χ0) is 11.8. The van der Waals surface area contributed by atoms with Crippen molar-refractivity contribution in [2.24, 2.45) is 11.7 Å². The van der Waals surface area contributed by atoms with Gasteiger partial charge in [-0.15, -0.1) is 0 Å². The lowest BCUT2D eigenvalue weighted by Gasteiger charge is -2.33. The average Bonchev–Trinajstić information content (AvgIpc) is 2.28. The van der Waals surface area contributed by atoms with Crippen LogP contribution in [0.2, 0.25) is 0 Å². The van der Waals surface area contributed by atoms with Crippen molar-refractivity contribution in [1.29, 1.82) is 0 Å². The van der Waals surface area contributed by atoms with Crippen LogP contribution < -0.4 is 5.73 Å². The third-order valence-electron chi connectivity index (χ3n) is 3.78. The van der Waals surface area contributed by atoms with Crippen LogP contribution >= 0.6 is 0 Å². The van der Waals surface area contributed by atoms with Crippen molar-refractivity contribution in [3.63, 3.8) is 0 Å². The van der Waals surface area contributed by atoms with Crippen LogP contribution in [0.15, 0.2) is 0 Å². The Hall–Kier alpha value is -0.0800. The molecule has 2 nitrogen and oxygen atoms in total. The summed E-state index contributed by atoms with van der Waals surface area (Å²) in [5, 5.41) is 0. The van der Waals surface area contributed by atoms with Crippen LogP contribution in [0.4, 0.5) is 0 Å². The highest BCUT2D eigenvalue weighted by Crippen LogP contribution is 2.21. The van der Waals surface area contributed by atoms with Crippen molar-refractivity contribution in [2.75, 3.05) is 19.6 Å². The van der Waals surface area contributed by atoms with Gasteiger partial charge >= 0.3 is 0 Å². The summed E-state index contributed by atoms with van der Waals surface area (Å²) in [6, 6.07) is 0.427. The number of rotatable bonds is 7. The highest BCUT2D eigenvalue weighted by atomic mass is 15.1. The first-order valence-electron chi connectivity index (χ1n) is 7.24. The topological polar surface area (TPSA) is 29.3 Å². The SMILES string of the molecule is CCCC(N)CCN1CCCC(CCC)C1. The standard InChI is InChI=1S/C14H30N2/c1-3-6-13-8-5-10-16(12-13)11-9-14(15)7-4-2/h13-14H,3-12,15H2,1-2H3. The van der Waals surface area contributed by atoms with E-state index in [0.29, 0.717) is 6.04 Å². The number of hydrogen-bond acceptors (Lipinski definition) is 2. The minimum atomic E-state index is 0.427. The summed E-state index contributed by atoms with van der Waals surface area (Å²) in [5.41, 5.74) is 6.07. The van der Waals surface area contributed by atoms with Crippen molar-refractivity contribution < 1.29 is 0 Å². The summed E-state index contributed by atoms with van der Waals surface area (Å²) in [6.45, 7) is 8.38. The number of hydrogen-bond donors (Lipinski definition) is 1. The molecule has 1 aliphatic rings. The van der Waals surface area contributed by atoms with Crippen molar-refractivity contribution in [2.45, 2.75) is 64.8 Å². The van der Waals surface area contributed by atoms with Gasteiger partial charge < -0.3 is 10.6 Å². The fraction of sp³-hybridized carbons (Fsp3) is 1.00. The van der Waals surface area contributed by atoms with Gasteiger partial charge in [0.15, 0.2) is 0 Å².